The van der Waals surface area contributed by atoms with E-state index < -0.39 is 16.2 Å². The van der Waals surface area contributed by atoms with Gasteiger partial charge in [-0.15, -0.1) is 0 Å². The Balaban J connectivity index is 2.24. The van der Waals surface area contributed by atoms with Crippen molar-refractivity contribution < 1.29 is 0 Å². The van der Waals surface area contributed by atoms with Gasteiger partial charge >= 0.3 is 0 Å². The van der Waals surface area contributed by atoms with Gasteiger partial charge in [-0.2, -0.15) is 21.0 Å². The SMILES string of the molecule is N#CC1(C#N)C(C#N)(C#N)C1(C1CC1)C1CC1. The minimum absolute atomic E-state index is 0.230. The summed E-state index contributed by atoms with van der Waals surface area (Å²) in [6, 6.07) is 8.09. The zero-order valence-corrected chi connectivity index (χ0v) is 9.27. The fraction of sp³-hybridized carbons (Fsp3) is 0.692. The van der Waals surface area contributed by atoms with Gasteiger partial charge in [0, 0.05) is 5.41 Å². The fourth-order valence-corrected chi connectivity index (χ4v) is 4.00. The van der Waals surface area contributed by atoms with E-state index in [0.29, 0.717) is 0 Å². The molecule has 0 aromatic heterocycles. The fourth-order valence-electron chi connectivity index (χ4n) is 4.00. The first-order chi connectivity index (χ1) is 8.20. The third-order valence-electron chi connectivity index (χ3n) is 4.85. The highest BCUT2D eigenvalue weighted by Gasteiger charge is 2.96. The van der Waals surface area contributed by atoms with Crippen molar-refractivity contribution in [1.82, 2.24) is 0 Å². The van der Waals surface area contributed by atoms with Crippen molar-refractivity contribution in [3.8, 4) is 24.3 Å². The van der Waals surface area contributed by atoms with Crippen molar-refractivity contribution >= 4 is 0 Å². The van der Waals surface area contributed by atoms with E-state index in [-0.39, 0.29) is 11.8 Å². The van der Waals surface area contributed by atoms with Gasteiger partial charge < -0.3 is 0 Å². The average molecular weight is 222 g/mol. The van der Waals surface area contributed by atoms with Crippen LogP contribution in [-0.4, -0.2) is 0 Å². The summed E-state index contributed by atoms with van der Waals surface area (Å²) in [5.41, 5.74) is -3.41. The van der Waals surface area contributed by atoms with Gasteiger partial charge in [0.15, 0.2) is 10.8 Å². The lowest BCUT2D eigenvalue weighted by Gasteiger charge is -2.15. The predicted molar refractivity (Wildman–Crippen MR) is 55.2 cm³/mol. The molecule has 3 aliphatic rings. The van der Waals surface area contributed by atoms with Crippen LogP contribution < -0.4 is 0 Å². The van der Waals surface area contributed by atoms with Crippen LogP contribution in [0.2, 0.25) is 0 Å². The number of nitriles is 4. The van der Waals surface area contributed by atoms with Gasteiger partial charge in [-0.3, -0.25) is 0 Å². The number of hydrogen-bond acceptors (Lipinski definition) is 4. The van der Waals surface area contributed by atoms with Gasteiger partial charge in [-0.1, -0.05) is 0 Å². The second kappa shape index (κ2) is 2.61. The Morgan fingerprint density at radius 2 is 0.941 bits per heavy atom. The second-order valence-corrected chi connectivity index (χ2v) is 5.36. The van der Waals surface area contributed by atoms with E-state index in [4.69, 9.17) is 0 Å². The minimum atomic E-state index is -1.38. The summed E-state index contributed by atoms with van der Waals surface area (Å²) in [5.74, 6) is 0.460. The van der Waals surface area contributed by atoms with Crippen molar-refractivity contribution in [2.24, 2.45) is 28.1 Å². The van der Waals surface area contributed by atoms with Gasteiger partial charge in [0.2, 0.25) is 0 Å². The molecule has 0 saturated heterocycles. The zero-order chi connectivity index (χ0) is 12.3. The number of rotatable bonds is 2. The summed E-state index contributed by atoms with van der Waals surface area (Å²) in [5, 5.41) is 37.5. The minimum Gasteiger partial charge on any atom is -0.196 e. The van der Waals surface area contributed by atoms with E-state index >= 15 is 0 Å². The van der Waals surface area contributed by atoms with Gasteiger partial charge in [-0.25, -0.2) is 0 Å². The van der Waals surface area contributed by atoms with Crippen LogP contribution >= 0.6 is 0 Å². The quantitative estimate of drug-likeness (QED) is 0.712. The molecule has 4 heteroatoms. The smallest absolute Gasteiger partial charge is 0.184 e. The van der Waals surface area contributed by atoms with Crippen molar-refractivity contribution in [2.75, 3.05) is 0 Å². The summed E-state index contributed by atoms with van der Waals surface area (Å²) in [4.78, 5) is 0. The van der Waals surface area contributed by atoms with Crippen molar-refractivity contribution in [3.05, 3.63) is 0 Å². The molecule has 0 aromatic carbocycles. The Morgan fingerprint density at radius 3 is 1.12 bits per heavy atom. The zero-order valence-electron chi connectivity index (χ0n) is 9.27. The van der Waals surface area contributed by atoms with Gasteiger partial charge in [-0.05, 0) is 37.5 Å². The summed E-state index contributed by atoms with van der Waals surface area (Å²) >= 11 is 0. The molecule has 3 saturated carbocycles. The Hall–Kier alpha value is -2.04. The first-order valence-corrected chi connectivity index (χ1v) is 5.85. The molecule has 0 heterocycles. The highest BCUT2D eigenvalue weighted by Crippen LogP contribution is 2.89. The van der Waals surface area contributed by atoms with Crippen molar-refractivity contribution in [3.63, 3.8) is 0 Å². The molecule has 0 unspecified atom stereocenters. The molecule has 0 amide bonds. The third kappa shape index (κ3) is 0.712. The monoisotopic (exact) mass is 222 g/mol. The third-order valence-corrected chi connectivity index (χ3v) is 4.85. The lowest BCUT2D eigenvalue weighted by atomic mass is 9.83. The summed E-state index contributed by atoms with van der Waals surface area (Å²) in [7, 11) is 0. The van der Waals surface area contributed by atoms with E-state index in [2.05, 4.69) is 0 Å². The largest absolute Gasteiger partial charge is 0.196 e. The number of hydrogen-bond donors (Lipinski definition) is 0. The topological polar surface area (TPSA) is 95.2 Å². The molecule has 0 N–H and O–H groups in total. The molecular formula is C13H10N4. The molecule has 0 bridgehead atoms. The molecule has 0 aliphatic heterocycles. The van der Waals surface area contributed by atoms with E-state index in [9.17, 15) is 21.0 Å². The first kappa shape index (κ1) is 10.1. The van der Waals surface area contributed by atoms with Crippen LogP contribution in [0.15, 0.2) is 0 Å². The molecule has 0 aromatic rings. The van der Waals surface area contributed by atoms with Crippen LogP contribution in [0, 0.1) is 73.4 Å². The maximum absolute atomic E-state index is 9.37. The van der Waals surface area contributed by atoms with Gasteiger partial charge in [0.25, 0.3) is 0 Å². The van der Waals surface area contributed by atoms with Crippen LogP contribution in [-0.2, 0) is 0 Å². The molecule has 82 valence electrons. The Labute approximate surface area is 99.7 Å². The number of nitrogens with zero attached hydrogens (tertiary/aromatic N) is 4. The Kier molecular flexibility index (Phi) is 1.56. The molecule has 0 spiro atoms. The van der Waals surface area contributed by atoms with Gasteiger partial charge in [0.05, 0.1) is 24.3 Å². The highest BCUT2D eigenvalue weighted by molar-refractivity contribution is 5.59. The van der Waals surface area contributed by atoms with E-state index in [1.165, 1.54) is 0 Å². The van der Waals surface area contributed by atoms with Gasteiger partial charge in [0.1, 0.15) is 0 Å². The molecule has 0 radical (unpaired) electrons. The molecule has 0 atom stereocenters. The van der Waals surface area contributed by atoms with Crippen LogP contribution in [0.25, 0.3) is 0 Å². The normalized spacial score (nSPS) is 30.1. The second-order valence-electron chi connectivity index (χ2n) is 5.36. The highest BCUT2D eigenvalue weighted by atomic mass is 14.9. The molecule has 3 rings (SSSR count). The Morgan fingerprint density at radius 1 is 0.647 bits per heavy atom. The first-order valence-electron chi connectivity index (χ1n) is 5.85. The maximum Gasteiger partial charge on any atom is 0.184 e. The Bertz CT molecular complexity index is 474. The van der Waals surface area contributed by atoms with E-state index in [1.807, 2.05) is 24.3 Å². The predicted octanol–water partition coefficient (Wildman–Crippen LogP) is 1.87. The maximum atomic E-state index is 9.37. The summed E-state index contributed by atoms with van der Waals surface area (Å²) < 4.78 is 0. The van der Waals surface area contributed by atoms with E-state index in [0.717, 1.165) is 25.7 Å². The molecule has 17 heavy (non-hydrogen) atoms. The van der Waals surface area contributed by atoms with Crippen LogP contribution in [0.1, 0.15) is 25.7 Å². The lowest BCUT2D eigenvalue weighted by molar-refractivity contribution is 0.309. The van der Waals surface area contributed by atoms with E-state index in [1.54, 1.807) is 0 Å². The summed E-state index contributed by atoms with van der Waals surface area (Å²) in [6.45, 7) is 0. The average Bonchev–Trinajstić information content (AvgIpc) is 3.25. The van der Waals surface area contributed by atoms with Crippen LogP contribution in [0.4, 0.5) is 0 Å². The van der Waals surface area contributed by atoms with Crippen molar-refractivity contribution in [2.45, 2.75) is 25.7 Å². The molecule has 3 fully saturated rings. The summed E-state index contributed by atoms with van der Waals surface area (Å²) in [6.07, 6.45) is 3.80. The lowest BCUT2D eigenvalue weighted by Crippen LogP contribution is -2.18. The molecule has 4 nitrogen and oxygen atoms in total. The van der Waals surface area contributed by atoms with Crippen molar-refractivity contribution in [1.29, 1.82) is 21.0 Å². The van der Waals surface area contributed by atoms with Crippen LogP contribution in [0.5, 0.6) is 0 Å². The molecular weight excluding hydrogens is 212 g/mol. The standard InChI is InChI=1S/C13H10N4/c14-5-11(6-15)12(7-16,8-17)13(11,9-1-2-9)10-3-4-10/h9-10H,1-4H2. The molecule has 3 aliphatic carbocycles. The van der Waals surface area contributed by atoms with Crippen LogP contribution in [0.3, 0.4) is 0 Å².